The summed E-state index contributed by atoms with van der Waals surface area (Å²) >= 11 is 0. The van der Waals surface area contributed by atoms with E-state index in [-0.39, 0.29) is 25.0 Å². The third kappa shape index (κ3) is 39.1. The molecule has 0 aromatic carbocycles. The van der Waals surface area contributed by atoms with Gasteiger partial charge in [0.2, 0.25) is 0 Å². The SMILES string of the molecule is CC/C=C\C/C=C\C/C=C\C/C=C\C/C=C\C/C=C\CCC(=O)O[C@H](COC(=O)CCC/C=C\CC1OC1C/C=C\C/C=C\CCCCC)COP(=O)(O)OC[C@@H](O)COP(=O)(O)O. The van der Waals surface area contributed by atoms with E-state index in [1.807, 2.05) is 30.4 Å². The molecule has 14 nitrogen and oxygen atoms in total. The summed E-state index contributed by atoms with van der Waals surface area (Å²) < 4.78 is 53.5. The Morgan fingerprint density at radius 1 is 0.547 bits per heavy atom. The van der Waals surface area contributed by atoms with Crippen molar-refractivity contribution in [2.45, 2.75) is 154 Å². The minimum Gasteiger partial charge on any atom is -0.462 e. The molecule has 0 saturated carbocycles. The number of hydrogen-bond donors (Lipinski definition) is 4. The smallest absolute Gasteiger partial charge is 0.462 e. The Hall–Kier alpha value is -3.26. The lowest BCUT2D eigenvalue weighted by molar-refractivity contribution is -0.161. The number of aliphatic hydroxyl groups excluding tert-OH is 1. The quantitative estimate of drug-likeness (QED) is 0.0148. The van der Waals surface area contributed by atoms with E-state index in [2.05, 4.69) is 102 Å². The molecule has 1 rings (SSSR count). The standard InChI is InChI=1S/C48H76O14P2/c1-3-5-7-9-11-13-14-15-16-17-18-19-20-21-22-24-26-28-34-38-48(51)61-44(42-60-64(55,56)59-40-43(49)39-58-63(52,53)54)41-57-47(50)37-33-30-29-32-36-46-45(62-46)35-31-27-25-23-12-10-8-6-4-2/h5,7,11-13,15-16,18-19,21-23,26-29,31-32,43-46,49H,3-4,6,8-10,14,17,20,24-25,30,33-42H2,1-2H3,(H,55,56)(H2,52,53,54)/b7-5-,13-11-,16-15-,19-18-,22-21-,23-12-,28-26-,31-27-,32-29-/t43-,44+,45?,46?/m0/s1. The van der Waals surface area contributed by atoms with Gasteiger partial charge in [-0.05, 0) is 89.9 Å². The van der Waals surface area contributed by atoms with Crippen molar-refractivity contribution in [1.82, 2.24) is 0 Å². The van der Waals surface area contributed by atoms with Gasteiger partial charge in [0.1, 0.15) is 12.7 Å². The first-order valence-electron chi connectivity index (χ1n) is 22.7. The van der Waals surface area contributed by atoms with E-state index in [4.69, 9.17) is 28.5 Å². The highest BCUT2D eigenvalue weighted by Crippen LogP contribution is 2.44. The van der Waals surface area contributed by atoms with E-state index in [1.165, 1.54) is 19.3 Å². The van der Waals surface area contributed by atoms with Crippen LogP contribution in [0.3, 0.4) is 0 Å². The van der Waals surface area contributed by atoms with Crippen molar-refractivity contribution < 1.29 is 66.3 Å². The summed E-state index contributed by atoms with van der Waals surface area (Å²) in [5.74, 6) is -1.21. The molecule has 64 heavy (non-hydrogen) atoms. The normalized spacial score (nSPS) is 18.1. The first kappa shape index (κ1) is 58.8. The van der Waals surface area contributed by atoms with Gasteiger partial charge in [0, 0.05) is 12.8 Å². The van der Waals surface area contributed by atoms with Crippen molar-refractivity contribution in [1.29, 1.82) is 0 Å². The monoisotopic (exact) mass is 938 g/mol. The lowest BCUT2D eigenvalue weighted by Gasteiger charge is -2.20. The zero-order valence-corrected chi connectivity index (χ0v) is 39.8. The molecule has 5 atom stereocenters. The molecular formula is C48H76O14P2. The summed E-state index contributed by atoms with van der Waals surface area (Å²) in [7, 11) is -9.74. The molecule has 4 N–H and O–H groups in total. The fourth-order valence-corrected chi connectivity index (χ4v) is 6.68. The molecule has 1 saturated heterocycles. The number of epoxide rings is 1. The third-order valence-electron chi connectivity index (χ3n) is 9.05. The molecule has 0 aromatic rings. The topological polar surface area (TPSA) is 208 Å². The number of carbonyl (C=O) groups is 2. The predicted octanol–water partition coefficient (Wildman–Crippen LogP) is 10.9. The summed E-state index contributed by atoms with van der Waals surface area (Å²) in [4.78, 5) is 52.8. The van der Waals surface area contributed by atoms with Crippen LogP contribution in [0, 0.1) is 0 Å². The van der Waals surface area contributed by atoms with Crippen LogP contribution in [-0.4, -0.2) is 82.6 Å². The highest BCUT2D eigenvalue weighted by Gasteiger charge is 2.36. The molecule has 1 aliphatic rings. The number of rotatable bonds is 40. The Balaban J connectivity index is 2.46. The first-order chi connectivity index (χ1) is 30.8. The van der Waals surface area contributed by atoms with Gasteiger partial charge in [-0.3, -0.25) is 23.2 Å². The molecule has 0 spiro atoms. The maximum Gasteiger partial charge on any atom is 0.472 e. The van der Waals surface area contributed by atoms with E-state index in [9.17, 15) is 28.7 Å². The maximum atomic E-state index is 12.7. The molecule has 362 valence electrons. The van der Waals surface area contributed by atoms with Crippen molar-refractivity contribution in [3.63, 3.8) is 0 Å². The highest BCUT2D eigenvalue weighted by molar-refractivity contribution is 7.47. The van der Waals surface area contributed by atoms with E-state index < -0.39 is 66.2 Å². The van der Waals surface area contributed by atoms with Crippen LogP contribution in [0.4, 0.5) is 0 Å². The number of aliphatic hydroxyl groups is 1. The van der Waals surface area contributed by atoms with E-state index >= 15 is 0 Å². The van der Waals surface area contributed by atoms with Crippen LogP contribution in [0.1, 0.15) is 129 Å². The lowest BCUT2D eigenvalue weighted by Crippen LogP contribution is -2.29. The lowest BCUT2D eigenvalue weighted by atomic mass is 10.1. The van der Waals surface area contributed by atoms with Gasteiger partial charge >= 0.3 is 27.6 Å². The molecule has 0 aromatic heterocycles. The maximum absolute atomic E-state index is 12.7. The van der Waals surface area contributed by atoms with Gasteiger partial charge < -0.3 is 34.0 Å². The Morgan fingerprint density at radius 3 is 1.58 bits per heavy atom. The number of phosphoric acid groups is 2. The van der Waals surface area contributed by atoms with Crippen LogP contribution in [0.5, 0.6) is 0 Å². The van der Waals surface area contributed by atoms with Gasteiger partial charge in [0.05, 0.1) is 32.0 Å². The molecule has 0 radical (unpaired) electrons. The summed E-state index contributed by atoms with van der Waals surface area (Å²) in [6, 6.07) is 0. The summed E-state index contributed by atoms with van der Waals surface area (Å²) in [5.41, 5.74) is 0. The summed E-state index contributed by atoms with van der Waals surface area (Å²) in [6.45, 7) is 1.44. The van der Waals surface area contributed by atoms with Gasteiger partial charge in [0.15, 0.2) is 6.10 Å². The summed E-state index contributed by atoms with van der Waals surface area (Å²) in [5, 5.41) is 9.76. The average Bonchev–Trinajstić information content (AvgIpc) is 4.02. The fourth-order valence-electron chi connectivity index (χ4n) is 5.52. The molecule has 0 bridgehead atoms. The van der Waals surface area contributed by atoms with Gasteiger partial charge in [-0.15, -0.1) is 0 Å². The molecular weight excluding hydrogens is 862 g/mol. The van der Waals surface area contributed by atoms with Crippen LogP contribution in [-0.2, 0) is 46.5 Å². The predicted molar refractivity (Wildman–Crippen MR) is 252 cm³/mol. The number of unbranched alkanes of at least 4 members (excludes halogenated alkanes) is 4. The molecule has 0 aliphatic carbocycles. The number of phosphoric ester groups is 2. The zero-order chi connectivity index (χ0) is 47.0. The van der Waals surface area contributed by atoms with E-state index in [0.29, 0.717) is 25.7 Å². The van der Waals surface area contributed by atoms with Gasteiger partial charge in [0.25, 0.3) is 0 Å². The van der Waals surface area contributed by atoms with Crippen molar-refractivity contribution in [3.05, 3.63) is 109 Å². The Morgan fingerprint density at radius 2 is 1.02 bits per heavy atom. The van der Waals surface area contributed by atoms with Crippen LogP contribution in [0.2, 0.25) is 0 Å². The minimum absolute atomic E-state index is 0.0157. The Kier molecular flexibility index (Phi) is 35.8. The van der Waals surface area contributed by atoms with Crippen LogP contribution < -0.4 is 0 Å². The first-order valence-corrected chi connectivity index (χ1v) is 25.7. The zero-order valence-electron chi connectivity index (χ0n) is 38.0. The molecule has 1 fully saturated rings. The molecule has 3 unspecified atom stereocenters. The van der Waals surface area contributed by atoms with E-state index in [0.717, 1.165) is 57.8 Å². The van der Waals surface area contributed by atoms with Crippen molar-refractivity contribution >= 4 is 27.6 Å². The van der Waals surface area contributed by atoms with Crippen molar-refractivity contribution in [2.75, 3.05) is 26.4 Å². The molecule has 0 amide bonds. The Bertz CT molecular complexity index is 1610. The third-order valence-corrected chi connectivity index (χ3v) is 10.5. The largest absolute Gasteiger partial charge is 0.472 e. The van der Waals surface area contributed by atoms with Gasteiger partial charge in [-0.25, -0.2) is 9.13 Å². The molecule has 16 heteroatoms. The van der Waals surface area contributed by atoms with Crippen LogP contribution in [0.15, 0.2) is 109 Å². The number of carbonyl (C=O) groups excluding carboxylic acids is 2. The minimum atomic E-state index is -4.89. The second-order valence-corrected chi connectivity index (χ2v) is 17.7. The van der Waals surface area contributed by atoms with E-state index in [1.54, 1.807) is 0 Å². The number of allylic oxidation sites excluding steroid dienone is 16. The number of esters is 2. The van der Waals surface area contributed by atoms with Crippen molar-refractivity contribution in [3.8, 4) is 0 Å². The average molecular weight is 939 g/mol. The molecule has 1 heterocycles. The second kappa shape index (κ2) is 39.0. The van der Waals surface area contributed by atoms with Crippen LogP contribution >= 0.6 is 15.6 Å². The van der Waals surface area contributed by atoms with Gasteiger partial charge in [-0.2, -0.15) is 0 Å². The Labute approximate surface area is 382 Å². The van der Waals surface area contributed by atoms with Crippen molar-refractivity contribution in [2.24, 2.45) is 0 Å². The molecule has 1 aliphatic heterocycles. The second-order valence-electron chi connectivity index (χ2n) is 15.0. The highest BCUT2D eigenvalue weighted by atomic mass is 31.2. The number of ether oxygens (including phenoxy) is 3. The fraction of sp³-hybridized carbons (Fsp3) is 0.583. The van der Waals surface area contributed by atoms with Gasteiger partial charge in [-0.1, -0.05) is 136 Å². The summed E-state index contributed by atoms with van der Waals surface area (Å²) in [6.07, 6.45) is 49.8. The number of hydrogen-bond acceptors (Lipinski definition) is 11. The van der Waals surface area contributed by atoms with Crippen LogP contribution in [0.25, 0.3) is 0 Å².